The second-order valence-electron chi connectivity index (χ2n) is 13.9. The number of hydrogen-bond acceptors (Lipinski definition) is 0. The lowest BCUT2D eigenvalue weighted by Crippen LogP contribution is -1.84. The van der Waals surface area contributed by atoms with Crippen molar-refractivity contribution in [3.63, 3.8) is 0 Å². The Hall–Kier alpha value is -2.34. The Bertz CT molecular complexity index is 1050. The van der Waals surface area contributed by atoms with E-state index in [1.165, 1.54) is 114 Å². The highest BCUT2D eigenvalue weighted by molar-refractivity contribution is 5.10. The zero-order chi connectivity index (χ0) is 33.2. The molecule has 0 rings (SSSR count). The van der Waals surface area contributed by atoms with E-state index in [1.807, 2.05) is 0 Å². The van der Waals surface area contributed by atoms with E-state index in [0.29, 0.717) is 0 Å². The molecule has 0 spiro atoms. The average Bonchev–Trinajstić information content (AvgIpc) is 2.92. The summed E-state index contributed by atoms with van der Waals surface area (Å²) in [6.07, 6.45) is 38.1. The quantitative estimate of drug-likeness (QED) is 0.0967. The van der Waals surface area contributed by atoms with Crippen LogP contribution in [0.1, 0.15) is 172 Å². The third-order valence-corrected chi connectivity index (χ3v) is 8.34. The summed E-state index contributed by atoms with van der Waals surface area (Å²) in [4.78, 5) is 0. The van der Waals surface area contributed by atoms with Gasteiger partial charge < -0.3 is 0 Å². The summed E-state index contributed by atoms with van der Waals surface area (Å²) in [6.45, 7) is 26.5. The highest BCUT2D eigenvalue weighted by atomic mass is 14.0. The molecule has 248 valence electrons. The van der Waals surface area contributed by atoms with Gasteiger partial charge in [-0.05, 0) is 172 Å². The maximum Gasteiger partial charge on any atom is -0.0288 e. The molecule has 0 nitrogen and oxygen atoms in total. The van der Waals surface area contributed by atoms with Gasteiger partial charge in [-0.15, -0.1) is 6.58 Å². The summed E-state index contributed by atoms with van der Waals surface area (Å²) in [5.41, 5.74) is 13.4. The predicted octanol–water partition coefficient (Wildman–Crippen LogP) is 15.4. The lowest BCUT2D eigenvalue weighted by atomic mass is 10.0. The molecule has 44 heavy (non-hydrogen) atoms. The van der Waals surface area contributed by atoms with Gasteiger partial charge in [0.2, 0.25) is 0 Å². The Labute approximate surface area is 276 Å². The first-order valence-corrected chi connectivity index (χ1v) is 17.8. The molecule has 0 heteroatoms. The maximum absolute atomic E-state index is 3.99. The minimum absolute atomic E-state index is 1.11. The molecule has 0 heterocycles. The van der Waals surface area contributed by atoms with Crippen molar-refractivity contribution in [2.45, 2.75) is 172 Å². The summed E-state index contributed by atoms with van der Waals surface area (Å²) in [7, 11) is 0. The first kappa shape index (κ1) is 41.7. The van der Waals surface area contributed by atoms with Gasteiger partial charge in [-0.1, -0.05) is 98.8 Å². The first-order chi connectivity index (χ1) is 20.9. The van der Waals surface area contributed by atoms with Gasteiger partial charge in [0.1, 0.15) is 0 Å². The van der Waals surface area contributed by atoms with Gasteiger partial charge in [-0.25, -0.2) is 0 Å². The second-order valence-corrected chi connectivity index (χ2v) is 13.9. The standard InChI is InChI=1S/C44H72/c1-36(2)20-12-22-38(5)24-14-26-40(7)28-16-30-42(9)32-18-34-44(11)35-19-33-43(10)31-17-29-41(8)27-15-25-39(6)23-13-21-37(3)4/h21-22,25-26,29-30,33-34H,1,12-20,23-24,27-28,31-32,35H2,2-11H3. The van der Waals surface area contributed by atoms with Gasteiger partial charge in [0.25, 0.3) is 0 Å². The zero-order valence-electron chi connectivity index (χ0n) is 31.1. The molecule has 0 N–H and O–H groups in total. The van der Waals surface area contributed by atoms with Gasteiger partial charge in [0.15, 0.2) is 0 Å². The van der Waals surface area contributed by atoms with Crippen LogP contribution in [0.3, 0.4) is 0 Å². The Morgan fingerprint density at radius 1 is 0.295 bits per heavy atom. The Morgan fingerprint density at radius 3 is 0.659 bits per heavy atom. The Balaban J connectivity index is 4.20. The highest BCUT2D eigenvalue weighted by Gasteiger charge is 1.97. The van der Waals surface area contributed by atoms with E-state index in [4.69, 9.17) is 0 Å². The van der Waals surface area contributed by atoms with Crippen LogP contribution in [-0.4, -0.2) is 0 Å². The van der Waals surface area contributed by atoms with Crippen LogP contribution in [0.25, 0.3) is 0 Å². The van der Waals surface area contributed by atoms with Gasteiger partial charge in [-0.3, -0.25) is 0 Å². The molecule has 0 amide bonds. The predicted molar refractivity (Wildman–Crippen MR) is 204 cm³/mol. The van der Waals surface area contributed by atoms with Crippen LogP contribution in [0.5, 0.6) is 0 Å². The Kier molecular flexibility index (Phi) is 25.6. The molecule has 0 atom stereocenters. The molecule has 0 unspecified atom stereocenters. The number of rotatable bonds is 24. The molecule has 0 aliphatic rings. The number of allylic oxidation sites excluding steroid dienone is 17. The van der Waals surface area contributed by atoms with E-state index in [9.17, 15) is 0 Å². The normalized spacial score (nSPS) is 14.4. The van der Waals surface area contributed by atoms with Gasteiger partial charge >= 0.3 is 0 Å². The van der Waals surface area contributed by atoms with Gasteiger partial charge in [0, 0.05) is 0 Å². The van der Waals surface area contributed by atoms with E-state index in [0.717, 1.165) is 38.5 Å². The monoisotopic (exact) mass is 601 g/mol. The summed E-state index contributed by atoms with van der Waals surface area (Å²) >= 11 is 0. The lowest BCUT2D eigenvalue weighted by molar-refractivity contribution is 0.880. The van der Waals surface area contributed by atoms with Crippen molar-refractivity contribution in [1.82, 2.24) is 0 Å². The second kappa shape index (κ2) is 27.0. The molecular formula is C44H72. The van der Waals surface area contributed by atoms with Crippen LogP contribution >= 0.6 is 0 Å². The third kappa shape index (κ3) is 28.4. The third-order valence-electron chi connectivity index (χ3n) is 8.34. The average molecular weight is 601 g/mol. The van der Waals surface area contributed by atoms with Crippen LogP contribution < -0.4 is 0 Å². The van der Waals surface area contributed by atoms with Crippen molar-refractivity contribution in [3.05, 3.63) is 105 Å². The zero-order valence-corrected chi connectivity index (χ0v) is 31.1. The molecule has 0 saturated heterocycles. The fourth-order valence-corrected chi connectivity index (χ4v) is 5.15. The Morgan fingerprint density at radius 2 is 0.477 bits per heavy atom. The summed E-state index contributed by atoms with van der Waals surface area (Å²) in [5, 5.41) is 0. The first-order valence-electron chi connectivity index (χ1n) is 17.8. The summed E-state index contributed by atoms with van der Waals surface area (Å²) in [6, 6.07) is 0. The summed E-state index contributed by atoms with van der Waals surface area (Å²) < 4.78 is 0. The van der Waals surface area contributed by atoms with Crippen molar-refractivity contribution in [2.24, 2.45) is 0 Å². The smallest absolute Gasteiger partial charge is 0.0288 e. The maximum atomic E-state index is 3.99. The van der Waals surface area contributed by atoms with Crippen LogP contribution in [-0.2, 0) is 0 Å². The molecule has 0 aliphatic carbocycles. The molecule has 0 radical (unpaired) electrons. The van der Waals surface area contributed by atoms with Crippen LogP contribution in [0.4, 0.5) is 0 Å². The molecule has 0 fully saturated rings. The highest BCUT2D eigenvalue weighted by Crippen LogP contribution is 2.17. The fraction of sp³-hybridized carbons (Fsp3) is 0.591. The SMILES string of the molecule is C=C(C)CCC=C(C)CCC=C(C)CCC=C(C)CCC=C(C)CCC=C(C)CCC=C(C)CCC=C(C)CCC=C(C)C. The van der Waals surface area contributed by atoms with Gasteiger partial charge in [0.05, 0.1) is 0 Å². The largest absolute Gasteiger partial charge is 0.100 e. The van der Waals surface area contributed by atoms with Crippen LogP contribution in [0.15, 0.2) is 105 Å². The van der Waals surface area contributed by atoms with Crippen LogP contribution in [0, 0.1) is 0 Å². The van der Waals surface area contributed by atoms with E-state index < -0.39 is 0 Å². The molecule has 0 aromatic heterocycles. The van der Waals surface area contributed by atoms with E-state index in [1.54, 1.807) is 0 Å². The van der Waals surface area contributed by atoms with Gasteiger partial charge in [-0.2, -0.15) is 0 Å². The fourth-order valence-electron chi connectivity index (χ4n) is 5.15. The van der Waals surface area contributed by atoms with E-state index >= 15 is 0 Å². The van der Waals surface area contributed by atoms with E-state index in [2.05, 4.69) is 124 Å². The van der Waals surface area contributed by atoms with Crippen molar-refractivity contribution >= 4 is 0 Å². The summed E-state index contributed by atoms with van der Waals surface area (Å²) in [5.74, 6) is 0. The van der Waals surface area contributed by atoms with Crippen LogP contribution in [0.2, 0.25) is 0 Å². The minimum atomic E-state index is 1.11. The molecule has 0 saturated carbocycles. The van der Waals surface area contributed by atoms with E-state index in [-0.39, 0.29) is 0 Å². The van der Waals surface area contributed by atoms with Crippen molar-refractivity contribution in [1.29, 1.82) is 0 Å². The molecule has 0 aliphatic heterocycles. The minimum Gasteiger partial charge on any atom is -0.100 e. The topological polar surface area (TPSA) is 0 Å². The van der Waals surface area contributed by atoms with Crippen molar-refractivity contribution < 1.29 is 0 Å². The molecular weight excluding hydrogens is 528 g/mol. The van der Waals surface area contributed by atoms with Crippen molar-refractivity contribution in [2.75, 3.05) is 0 Å². The lowest BCUT2D eigenvalue weighted by Gasteiger charge is -2.04. The number of hydrogen-bond donors (Lipinski definition) is 0. The molecule has 0 aromatic carbocycles. The van der Waals surface area contributed by atoms with Crippen molar-refractivity contribution in [3.8, 4) is 0 Å². The molecule has 0 bridgehead atoms. The molecule has 0 aromatic rings.